The standard InChI is InChI=1S/C19H19N5O3/c1-3-26-15-7-5-4-6-13(15)18-22-23-19(27-18)21-17(25)14-9-8-12-10-11-24(2)16(12)20-14/h4-9H,3,10-11H2,1-2H3,(H,21,23,25). The largest absolute Gasteiger partial charge is 0.493 e. The number of para-hydroxylation sites is 1. The zero-order valence-electron chi connectivity index (χ0n) is 15.1. The van der Waals surface area contributed by atoms with Crippen LogP contribution in [0.15, 0.2) is 40.8 Å². The van der Waals surface area contributed by atoms with E-state index in [4.69, 9.17) is 9.15 Å². The first-order valence-electron chi connectivity index (χ1n) is 8.74. The first kappa shape index (κ1) is 17.0. The van der Waals surface area contributed by atoms with E-state index in [1.165, 1.54) is 0 Å². The highest BCUT2D eigenvalue weighted by atomic mass is 16.5. The summed E-state index contributed by atoms with van der Waals surface area (Å²) in [6.45, 7) is 3.32. The monoisotopic (exact) mass is 365 g/mol. The van der Waals surface area contributed by atoms with Crippen LogP contribution in [0.1, 0.15) is 23.0 Å². The number of benzene rings is 1. The molecule has 8 nitrogen and oxygen atoms in total. The molecular formula is C19H19N5O3. The van der Waals surface area contributed by atoms with E-state index in [1.807, 2.05) is 49.2 Å². The first-order valence-corrected chi connectivity index (χ1v) is 8.74. The molecule has 0 fully saturated rings. The molecule has 138 valence electrons. The maximum Gasteiger partial charge on any atom is 0.322 e. The second-order valence-corrected chi connectivity index (χ2v) is 6.15. The third-order valence-electron chi connectivity index (χ3n) is 4.33. The summed E-state index contributed by atoms with van der Waals surface area (Å²) < 4.78 is 11.2. The number of likely N-dealkylation sites (N-methyl/N-ethyl adjacent to an activating group) is 1. The summed E-state index contributed by atoms with van der Waals surface area (Å²) in [5.41, 5.74) is 2.11. The molecule has 0 radical (unpaired) electrons. The summed E-state index contributed by atoms with van der Waals surface area (Å²) in [6, 6.07) is 11.0. The number of nitrogens with one attached hydrogen (secondary N) is 1. The van der Waals surface area contributed by atoms with E-state index in [9.17, 15) is 4.79 Å². The van der Waals surface area contributed by atoms with Crippen molar-refractivity contribution in [3.63, 3.8) is 0 Å². The van der Waals surface area contributed by atoms with Crippen LogP contribution in [-0.4, -0.2) is 41.3 Å². The molecule has 3 heterocycles. The molecule has 0 bridgehead atoms. The second kappa shape index (κ2) is 7.06. The van der Waals surface area contributed by atoms with Crippen LogP contribution < -0.4 is 15.0 Å². The highest BCUT2D eigenvalue weighted by molar-refractivity contribution is 6.02. The Morgan fingerprint density at radius 2 is 2.11 bits per heavy atom. The van der Waals surface area contributed by atoms with Crippen molar-refractivity contribution in [3.8, 4) is 17.2 Å². The van der Waals surface area contributed by atoms with E-state index in [0.29, 0.717) is 23.6 Å². The molecular weight excluding hydrogens is 346 g/mol. The SMILES string of the molecule is CCOc1ccccc1-c1nnc(NC(=O)c2ccc3c(n2)N(C)CC3)o1. The summed E-state index contributed by atoms with van der Waals surface area (Å²) in [5.74, 6) is 1.35. The predicted octanol–water partition coefficient (Wildman–Crippen LogP) is 2.77. The van der Waals surface area contributed by atoms with E-state index in [1.54, 1.807) is 6.07 Å². The van der Waals surface area contributed by atoms with Crippen LogP contribution in [0.5, 0.6) is 5.75 Å². The minimum absolute atomic E-state index is 0.0111. The topological polar surface area (TPSA) is 93.4 Å². The quantitative estimate of drug-likeness (QED) is 0.743. The van der Waals surface area contributed by atoms with Crippen LogP contribution in [0.2, 0.25) is 0 Å². The summed E-state index contributed by atoms with van der Waals surface area (Å²) >= 11 is 0. The van der Waals surface area contributed by atoms with Gasteiger partial charge in [-0.05, 0) is 37.1 Å². The van der Waals surface area contributed by atoms with Gasteiger partial charge in [0.25, 0.3) is 11.8 Å². The van der Waals surface area contributed by atoms with Crippen LogP contribution >= 0.6 is 0 Å². The molecule has 2 aromatic heterocycles. The molecule has 1 N–H and O–H groups in total. The zero-order valence-corrected chi connectivity index (χ0v) is 15.1. The highest BCUT2D eigenvalue weighted by Crippen LogP contribution is 2.30. The number of pyridine rings is 1. The maximum absolute atomic E-state index is 12.5. The summed E-state index contributed by atoms with van der Waals surface area (Å²) in [4.78, 5) is 19.0. The number of anilines is 2. The molecule has 0 aliphatic carbocycles. The van der Waals surface area contributed by atoms with Crippen LogP contribution in [-0.2, 0) is 6.42 Å². The number of amides is 1. The van der Waals surface area contributed by atoms with Gasteiger partial charge in [-0.15, -0.1) is 5.10 Å². The summed E-state index contributed by atoms with van der Waals surface area (Å²) in [5, 5.41) is 10.5. The number of ether oxygens (including phenoxy) is 1. The molecule has 0 saturated carbocycles. The Balaban J connectivity index is 1.53. The lowest BCUT2D eigenvalue weighted by molar-refractivity contribution is 0.101. The molecule has 8 heteroatoms. The van der Waals surface area contributed by atoms with Gasteiger partial charge in [-0.1, -0.05) is 23.3 Å². The minimum atomic E-state index is -0.397. The summed E-state index contributed by atoms with van der Waals surface area (Å²) in [6.07, 6.45) is 0.937. The van der Waals surface area contributed by atoms with E-state index in [2.05, 4.69) is 20.5 Å². The van der Waals surface area contributed by atoms with E-state index < -0.39 is 5.91 Å². The van der Waals surface area contributed by atoms with Gasteiger partial charge in [-0.2, -0.15) is 0 Å². The molecule has 0 atom stereocenters. The van der Waals surface area contributed by atoms with Crippen molar-refractivity contribution in [2.45, 2.75) is 13.3 Å². The number of hydrogen-bond acceptors (Lipinski definition) is 7. The molecule has 27 heavy (non-hydrogen) atoms. The van der Waals surface area contributed by atoms with Crippen molar-refractivity contribution in [3.05, 3.63) is 47.7 Å². The molecule has 0 unspecified atom stereocenters. The molecule has 0 saturated heterocycles. The second-order valence-electron chi connectivity index (χ2n) is 6.15. The van der Waals surface area contributed by atoms with Gasteiger partial charge < -0.3 is 14.1 Å². The molecule has 1 aliphatic heterocycles. The maximum atomic E-state index is 12.5. The lowest BCUT2D eigenvalue weighted by Crippen LogP contribution is -2.17. The van der Waals surface area contributed by atoms with E-state index in [-0.39, 0.29) is 11.9 Å². The molecule has 0 spiro atoms. The van der Waals surface area contributed by atoms with Crippen molar-refractivity contribution in [2.75, 3.05) is 30.4 Å². The lowest BCUT2D eigenvalue weighted by Gasteiger charge is -2.11. The summed E-state index contributed by atoms with van der Waals surface area (Å²) in [7, 11) is 1.96. The van der Waals surface area contributed by atoms with Gasteiger partial charge in [0.15, 0.2) is 0 Å². The Morgan fingerprint density at radius 3 is 2.96 bits per heavy atom. The average Bonchev–Trinajstić information content (AvgIpc) is 3.29. The fraction of sp³-hybridized carbons (Fsp3) is 0.263. The number of carbonyl (C=O) groups is 1. The number of aromatic nitrogens is 3. The van der Waals surface area contributed by atoms with Crippen LogP contribution in [0.4, 0.5) is 11.8 Å². The molecule has 3 aromatic rings. The number of carbonyl (C=O) groups excluding carboxylic acids is 1. The normalized spacial score (nSPS) is 12.7. The third kappa shape index (κ3) is 3.33. The van der Waals surface area contributed by atoms with E-state index >= 15 is 0 Å². The average molecular weight is 365 g/mol. The van der Waals surface area contributed by atoms with Gasteiger partial charge in [0.1, 0.15) is 17.3 Å². The van der Waals surface area contributed by atoms with Gasteiger partial charge in [0, 0.05) is 13.6 Å². The highest BCUT2D eigenvalue weighted by Gasteiger charge is 2.21. The Bertz CT molecular complexity index is 985. The zero-order chi connectivity index (χ0) is 18.8. The number of nitrogens with zero attached hydrogens (tertiary/aromatic N) is 4. The van der Waals surface area contributed by atoms with Crippen LogP contribution in [0, 0.1) is 0 Å². The van der Waals surface area contributed by atoms with E-state index in [0.717, 1.165) is 24.3 Å². The van der Waals surface area contributed by atoms with Crippen LogP contribution in [0.3, 0.4) is 0 Å². The third-order valence-corrected chi connectivity index (χ3v) is 4.33. The van der Waals surface area contributed by atoms with Gasteiger partial charge in [-0.3, -0.25) is 10.1 Å². The fourth-order valence-corrected chi connectivity index (χ4v) is 2.99. The molecule has 1 aromatic carbocycles. The molecule has 4 rings (SSSR count). The Hall–Kier alpha value is -3.42. The van der Waals surface area contributed by atoms with Crippen molar-refractivity contribution in [1.82, 2.24) is 15.2 Å². The van der Waals surface area contributed by atoms with Crippen molar-refractivity contribution in [1.29, 1.82) is 0 Å². The Labute approximate surface area is 156 Å². The smallest absolute Gasteiger partial charge is 0.322 e. The van der Waals surface area contributed by atoms with Gasteiger partial charge in [-0.25, -0.2) is 4.98 Å². The number of rotatable bonds is 5. The van der Waals surface area contributed by atoms with Crippen molar-refractivity contribution in [2.24, 2.45) is 0 Å². The van der Waals surface area contributed by atoms with Crippen LogP contribution in [0.25, 0.3) is 11.5 Å². The first-order chi connectivity index (χ1) is 13.2. The number of fused-ring (bicyclic) bond motifs is 1. The van der Waals surface area contributed by atoms with Gasteiger partial charge in [0.05, 0.1) is 12.2 Å². The van der Waals surface area contributed by atoms with Crippen molar-refractivity contribution < 1.29 is 13.9 Å². The molecule has 1 aliphatic rings. The predicted molar refractivity (Wildman–Crippen MR) is 100 cm³/mol. The Kier molecular flexibility index (Phi) is 4.45. The minimum Gasteiger partial charge on any atom is -0.493 e. The lowest BCUT2D eigenvalue weighted by atomic mass is 10.2. The van der Waals surface area contributed by atoms with Gasteiger partial charge >= 0.3 is 6.01 Å². The fourth-order valence-electron chi connectivity index (χ4n) is 2.99. The number of hydrogen-bond donors (Lipinski definition) is 1. The van der Waals surface area contributed by atoms with Gasteiger partial charge in [0.2, 0.25) is 0 Å². The Morgan fingerprint density at radius 1 is 1.26 bits per heavy atom. The molecule has 1 amide bonds. The van der Waals surface area contributed by atoms with Crippen molar-refractivity contribution >= 4 is 17.7 Å².